The van der Waals surface area contributed by atoms with Gasteiger partial charge in [-0.2, -0.15) is 11.8 Å². The topological polar surface area (TPSA) is 0 Å². The Morgan fingerprint density at radius 2 is 1.73 bits per heavy atom. The van der Waals surface area contributed by atoms with E-state index >= 15 is 0 Å². The monoisotopic (exact) mass is 172 g/mol. The summed E-state index contributed by atoms with van der Waals surface area (Å²) in [6.45, 7) is 11.5. The van der Waals surface area contributed by atoms with Gasteiger partial charge in [0.2, 0.25) is 0 Å². The van der Waals surface area contributed by atoms with E-state index in [4.69, 9.17) is 0 Å². The van der Waals surface area contributed by atoms with Crippen molar-refractivity contribution < 1.29 is 0 Å². The summed E-state index contributed by atoms with van der Waals surface area (Å²) in [4.78, 5) is 0. The van der Waals surface area contributed by atoms with Crippen molar-refractivity contribution in [3.63, 3.8) is 0 Å². The van der Waals surface area contributed by atoms with Crippen LogP contribution in [-0.4, -0.2) is 17.7 Å². The molecule has 66 valence electrons. The third kappa shape index (κ3) is 6.80. The molecule has 0 aliphatic rings. The number of hydrogen-bond acceptors (Lipinski definition) is 1. The van der Waals surface area contributed by atoms with Crippen LogP contribution in [0.25, 0.3) is 0 Å². The van der Waals surface area contributed by atoms with Crippen LogP contribution >= 0.6 is 11.8 Å². The summed E-state index contributed by atoms with van der Waals surface area (Å²) < 4.78 is 0. The van der Waals surface area contributed by atoms with Gasteiger partial charge in [-0.1, -0.05) is 46.9 Å². The van der Waals surface area contributed by atoms with E-state index in [1.165, 1.54) is 13.7 Å². The largest absolute Gasteiger partial charge is 0.164 e. The minimum Gasteiger partial charge on any atom is -0.164 e. The molecule has 11 heavy (non-hydrogen) atoms. The molecule has 0 amide bonds. The lowest BCUT2D eigenvalue weighted by Crippen LogP contribution is -2.16. The van der Waals surface area contributed by atoms with Gasteiger partial charge in [0.25, 0.3) is 0 Å². The average Bonchev–Trinajstić information content (AvgIpc) is 1.84. The first-order chi connectivity index (χ1) is 5.06. The van der Waals surface area contributed by atoms with E-state index in [1.54, 1.807) is 0 Å². The second-order valence-electron chi connectivity index (χ2n) is 3.84. The van der Waals surface area contributed by atoms with Crippen molar-refractivity contribution >= 4 is 19.0 Å². The highest BCUT2D eigenvalue weighted by Gasteiger charge is 2.12. The summed E-state index contributed by atoms with van der Waals surface area (Å²) in [6, 6.07) is 0. The maximum Gasteiger partial charge on any atom is 0.139 e. The van der Waals surface area contributed by atoms with Crippen molar-refractivity contribution in [3.8, 4) is 0 Å². The average molecular weight is 172 g/mol. The van der Waals surface area contributed by atoms with Crippen LogP contribution in [0.1, 0.15) is 41.0 Å². The molecule has 0 N–H and O–H groups in total. The first kappa shape index (κ1) is 11.4. The Morgan fingerprint density at radius 1 is 1.18 bits per heavy atom. The van der Waals surface area contributed by atoms with Crippen molar-refractivity contribution in [1.82, 2.24) is 0 Å². The highest BCUT2D eigenvalue weighted by Crippen LogP contribution is 2.21. The lowest BCUT2D eigenvalue weighted by atomic mass is 9.62. The van der Waals surface area contributed by atoms with E-state index in [0.717, 1.165) is 16.2 Å². The van der Waals surface area contributed by atoms with Gasteiger partial charge in [-0.25, -0.2) is 0 Å². The van der Waals surface area contributed by atoms with Crippen molar-refractivity contribution in [2.24, 2.45) is 0 Å². The van der Waals surface area contributed by atoms with Crippen LogP contribution in [0.5, 0.6) is 0 Å². The zero-order valence-corrected chi connectivity index (χ0v) is 9.37. The Hall–Kier alpha value is 0.415. The standard InChI is InChI=1S/C9H21BS/c1-6-9(10-7(2)3)11-8(4)5/h7-10H,6H2,1-5H3. The van der Waals surface area contributed by atoms with Crippen LogP contribution in [0.3, 0.4) is 0 Å². The summed E-state index contributed by atoms with van der Waals surface area (Å²) in [5.41, 5.74) is 0. The van der Waals surface area contributed by atoms with Crippen LogP contribution in [0, 0.1) is 0 Å². The molecule has 2 heteroatoms. The maximum absolute atomic E-state index is 2.31. The minimum absolute atomic E-state index is 0.790. The molecule has 0 aromatic rings. The summed E-state index contributed by atoms with van der Waals surface area (Å²) in [5.74, 6) is 0.853. The van der Waals surface area contributed by atoms with E-state index in [2.05, 4.69) is 46.4 Å². The molecule has 0 nitrogen and oxygen atoms in total. The third-order valence-corrected chi connectivity index (χ3v) is 3.11. The molecule has 0 aliphatic carbocycles. The second kappa shape index (κ2) is 5.99. The smallest absolute Gasteiger partial charge is 0.139 e. The molecular weight excluding hydrogens is 151 g/mol. The third-order valence-electron chi connectivity index (χ3n) is 1.65. The lowest BCUT2D eigenvalue weighted by molar-refractivity contribution is 0.967. The maximum atomic E-state index is 2.31. The van der Waals surface area contributed by atoms with E-state index in [-0.39, 0.29) is 0 Å². The minimum atomic E-state index is 0.790. The SMILES string of the molecule is CCC(BC(C)C)SC(C)C. The molecule has 1 atom stereocenters. The Kier molecular flexibility index (Phi) is 6.22. The normalized spacial score (nSPS) is 14.1. The summed E-state index contributed by atoms with van der Waals surface area (Å²) >= 11 is 2.13. The van der Waals surface area contributed by atoms with Gasteiger partial charge in [0, 0.05) is 0 Å². The molecule has 0 rings (SSSR count). The van der Waals surface area contributed by atoms with Crippen molar-refractivity contribution in [2.45, 2.75) is 57.3 Å². The van der Waals surface area contributed by atoms with Crippen LogP contribution in [0.4, 0.5) is 0 Å². The zero-order valence-electron chi connectivity index (χ0n) is 8.55. The van der Waals surface area contributed by atoms with Crippen LogP contribution < -0.4 is 0 Å². The Balaban J connectivity index is 3.58. The molecule has 0 heterocycles. The van der Waals surface area contributed by atoms with Crippen molar-refractivity contribution in [3.05, 3.63) is 0 Å². The quantitative estimate of drug-likeness (QED) is 0.574. The Morgan fingerprint density at radius 3 is 2.00 bits per heavy atom. The van der Waals surface area contributed by atoms with Gasteiger partial charge in [0.15, 0.2) is 0 Å². The molecule has 0 aliphatic heterocycles. The Labute approximate surface area is 76.8 Å². The predicted molar refractivity (Wildman–Crippen MR) is 59.1 cm³/mol. The molecule has 0 aromatic carbocycles. The van der Waals surface area contributed by atoms with Crippen LogP contribution in [0.2, 0.25) is 5.82 Å². The van der Waals surface area contributed by atoms with Gasteiger partial charge in [-0.3, -0.25) is 0 Å². The fourth-order valence-corrected chi connectivity index (χ4v) is 2.69. The van der Waals surface area contributed by atoms with Gasteiger partial charge in [-0.05, 0) is 10.4 Å². The van der Waals surface area contributed by atoms with Gasteiger partial charge in [0.05, 0.1) is 0 Å². The van der Waals surface area contributed by atoms with E-state index in [1.807, 2.05) is 0 Å². The zero-order chi connectivity index (χ0) is 8.85. The molecule has 1 unspecified atom stereocenters. The molecule has 0 saturated heterocycles. The van der Waals surface area contributed by atoms with Crippen molar-refractivity contribution in [1.29, 1.82) is 0 Å². The van der Waals surface area contributed by atoms with Crippen LogP contribution in [0.15, 0.2) is 0 Å². The molecule has 0 saturated carbocycles. The van der Waals surface area contributed by atoms with Crippen LogP contribution in [-0.2, 0) is 0 Å². The summed E-state index contributed by atoms with van der Waals surface area (Å²) in [7, 11) is 1.37. The van der Waals surface area contributed by atoms with E-state index in [9.17, 15) is 0 Å². The molecule has 0 aromatic heterocycles. The molecule has 0 spiro atoms. The molecular formula is C9H21BS. The van der Waals surface area contributed by atoms with Gasteiger partial charge in [0.1, 0.15) is 7.28 Å². The fraction of sp³-hybridized carbons (Fsp3) is 1.00. The highest BCUT2D eigenvalue weighted by molar-refractivity contribution is 8.01. The van der Waals surface area contributed by atoms with Gasteiger partial charge < -0.3 is 0 Å². The van der Waals surface area contributed by atoms with Gasteiger partial charge >= 0.3 is 0 Å². The fourth-order valence-electron chi connectivity index (χ4n) is 1.23. The van der Waals surface area contributed by atoms with Gasteiger partial charge in [-0.15, -0.1) is 0 Å². The number of thioether (sulfide) groups is 1. The number of rotatable bonds is 5. The number of hydrogen-bond donors (Lipinski definition) is 0. The lowest BCUT2D eigenvalue weighted by Gasteiger charge is -2.17. The molecule has 0 radical (unpaired) electrons. The Bertz CT molecular complexity index is 81.6. The van der Waals surface area contributed by atoms with Crippen molar-refractivity contribution in [2.75, 3.05) is 0 Å². The first-order valence-corrected chi connectivity index (χ1v) is 5.66. The second-order valence-corrected chi connectivity index (χ2v) is 5.73. The predicted octanol–water partition coefficient (Wildman–Crippen LogP) is 3.13. The molecule has 0 bridgehead atoms. The highest BCUT2D eigenvalue weighted by atomic mass is 32.2. The summed E-state index contributed by atoms with van der Waals surface area (Å²) in [6.07, 6.45) is 1.32. The summed E-state index contributed by atoms with van der Waals surface area (Å²) in [5, 5.41) is 1.67. The molecule has 0 fully saturated rings. The van der Waals surface area contributed by atoms with E-state index in [0.29, 0.717) is 0 Å². The van der Waals surface area contributed by atoms with E-state index < -0.39 is 0 Å². The first-order valence-electron chi connectivity index (χ1n) is 4.71.